The van der Waals surface area contributed by atoms with Crippen LogP contribution in [0, 0.1) is 18.8 Å². The van der Waals surface area contributed by atoms with Crippen LogP contribution in [0.2, 0.25) is 0 Å². The maximum Gasteiger partial charge on any atom is 0.251 e. The second-order valence-corrected chi connectivity index (χ2v) is 6.36. The Hall–Kier alpha value is -1.39. The number of likely N-dealkylation sites (tertiary alicyclic amines) is 1. The predicted molar refractivity (Wildman–Crippen MR) is 81.9 cm³/mol. The second-order valence-electron chi connectivity index (χ2n) is 6.36. The van der Waals surface area contributed by atoms with Gasteiger partial charge in [-0.25, -0.2) is 0 Å². The molecule has 3 rings (SSSR count). The minimum Gasteiger partial charge on any atom is -0.364 e. The van der Waals surface area contributed by atoms with Crippen LogP contribution in [0.5, 0.6) is 0 Å². The van der Waals surface area contributed by atoms with E-state index >= 15 is 0 Å². The molecule has 2 aliphatic rings. The monoisotopic (exact) mass is 288 g/mol. The Balaban J connectivity index is 1.51. The summed E-state index contributed by atoms with van der Waals surface area (Å²) in [7, 11) is 0. The van der Waals surface area contributed by atoms with Crippen LogP contribution in [-0.2, 0) is 16.1 Å². The van der Waals surface area contributed by atoms with Gasteiger partial charge in [0.15, 0.2) is 0 Å². The lowest BCUT2D eigenvalue weighted by Gasteiger charge is -2.22. The van der Waals surface area contributed by atoms with Gasteiger partial charge in [-0.05, 0) is 31.2 Å². The number of hydrogen-bond donors (Lipinski definition) is 1. The third-order valence-electron chi connectivity index (χ3n) is 4.63. The Kier molecular flexibility index (Phi) is 4.27. The van der Waals surface area contributed by atoms with E-state index in [0.717, 1.165) is 31.7 Å². The van der Waals surface area contributed by atoms with Crippen LogP contribution >= 0.6 is 0 Å². The van der Waals surface area contributed by atoms with Crippen LogP contribution in [0.15, 0.2) is 24.3 Å². The molecule has 2 aliphatic heterocycles. The number of benzene rings is 1. The van der Waals surface area contributed by atoms with Crippen molar-refractivity contribution >= 4 is 5.91 Å². The molecular formula is C17H24N2O2. The summed E-state index contributed by atoms with van der Waals surface area (Å²) in [5.41, 5.74) is 2.34. The van der Waals surface area contributed by atoms with Crippen LogP contribution in [0.3, 0.4) is 0 Å². The quantitative estimate of drug-likeness (QED) is 0.914. The summed E-state index contributed by atoms with van der Waals surface area (Å²) in [6, 6.07) is 8.23. The fourth-order valence-corrected chi connectivity index (χ4v) is 3.39. The Bertz CT molecular complexity index is 505. The number of aryl methyl sites for hydroxylation is 1. The highest BCUT2D eigenvalue weighted by Crippen LogP contribution is 2.26. The Labute approximate surface area is 126 Å². The van der Waals surface area contributed by atoms with Gasteiger partial charge >= 0.3 is 0 Å². The molecule has 3 atom stereocenters. The number of carbonyl (C=O) groups excluding carboxylic acids is 1. The van der Waals surface area contributed by atoms with Crippen LogP contribution in [-0.4, -0.2) is 43.1 Å². The van der Waals surface area contributed by atoms with Gasteiger partial charge in [0.2, 0.25) is 0 Å². The van der Waals surface area contributed by atoms with Crippen molar-refractivity contribution in [3.05, 3.63) is 35.4 Å². The molecule has 1 aromatic rings. The number of nitrogens with one attached hydrogen (secondary N) is 1. The van der Waals surface area contributed by atoms with E-state index in [0.29, 0.717) is 18.4 Å². The first-order chi connectivity index (χ1) is 10.1. The first kappa shape index (κ1) is 14.5. The van der Waals surface area contributed by atoms with Gasteiger partial charge < -0.3 is 15.0 Å². The van der Waals surface area contributed by atoms with Crippen molar-refractivity contribution in [2.45, 2.75) is 26.6 Å². The summed E-state index contributed by atoms with van der Waals surface area (Å²) in [5.74, 6) is 1.41. The molecule has 0 aromatic heterocycles. The van der Waals surface area contributed by atoms with Gasteiger partial charge in [0, 0.05) is 26.2 Å². The zero-order valence-corrected chi connectivity index (χ0v) is 12.8. The number of amides is 1. The fourth-order valence-electron chi connectivity index (χ4n) is 3.39. The van der Waals surface area contributed by atoms with Gasteiger partial charge in [-0.3, -0.25) is 4.79 Å². The highest BCUT2D eigenvalue weighted by atomic mass is 16.5. The number of carbonyl (C=O) groups is 1. The van der Waals surface area contributed by atoms with Gasteiger partial charge in [0.25, 0.3) is 5.91 Å². The van der Waals surface area contributed by atoms with Gasteiger partial charge in [-0.2, -0.15) is 0 Å². The third-order valence-corrected chi connectivity index (χ3v) is 4.63. The molecule has 0 radical (unpaired) electrons. The molecule has 2 fully saturated rings. The summed E-state index contributed by atoms with van der Waals surface area (Å²) in [5, 5.41) is 3.40. The molecule has 0 bridgehead atoms. The molecule has 1 N–H and O–H groups in total. The van der Waals surface area contributed by atoms with Gasteiger partial charge in [-0.15, -0.1) is 0 Å². The maximum absolute atomic E-state index is 12.4. The van der Waals surface area contributed by atoms with E-state index in [-0.39, 0.29) is 12.0 Å². The molecule has 1 unspecified atom stereocenters. The summed E-state index contributed by atoms with van der Waals surface area (Å²) in [6.45, 7) is 8.29. The Morgan fingerprint density at radius 2 is 2.10 bits per heavy atom. The van der Waals surface area contributed by atoms with E-state index < -0.39 is 0 Å². The predicted octanol–water partition coefficient (Wildman–Crippen LogP) is 1.58. The minimum atomic E-state index is -0.364. The first-order valence-electron chi connectivity index (χ1n) is 7.80. The third kappa shape index (κ3) is 3.27. The normalized spacial score (nSPS) is 25.9. The van der Waals surface area contributed by atoms with E-state index in [2.05, 4.69) is 24.4 Å². The Morgan fingerprint density at radius 1 is 1.38 bits per heavy atom. The van der Waals surface area contributed by atoms with Crippen LogP contribution in [0.25, 0.3) is 0 Å². The first-order valence-corrected chi connectivity index (χ1v) is 7.80. The summed E-state index contributed by atoms with van der Waals surface area (Å²) in [6.07, 6.45) is -0.364. The van der Waals surface area contributed by atoms with Crippen LogP contribution < -0.4 is 5.32 Å². The zero-order chi connectivity index (χ0) is 14.8. The molecule has 1 amide bonds. The van der Waals surface area contributed by atoms with Crippen molar-refractivity contribution < 1.29 is 9.53 Å². The average molecular weight is 288 g/mol. The SMILES string of the molecule is Cc1cccc(COC(C)C(=O)N2C[C@H]3CNC[C@H]3C2)c1. The summed E-state index contributed by atoms with van der Waals surface area (Å²) >= 11 is 0. The maximum atomic E-state index is 12.4. The molecule has 2 saturated heterocycles. The minimum absolute atomic E-state index is 0.136. The highest BCUT2D eigenvalue weighted by Gasteiger charge is 2.39. The molecule has 0 aliphatic carbocycles. The van der Waals surface area contributed by atoms with Gasteiger partial charge in [-0.1, -0.05) is 29.8 Å². The number of nitrogens with zero attached hydrogens (tertiary/aromatic N) is 1. The Morgan fingerprint density at radius 3 is 2.76 bits per heavy atom. The van der Waals surface area contributed by atoms with Crippen molar-refractivity contribution in [3.8, 4) is 0 Å². The fraction of sp³-hybridized carbons (Fsp3) is 0.588. The van der Waals surface area contributed by atoms with E-state index in [4.69, 9.17) is 4.74 Å². The lowest BCUT2D eigenvalue weighted by molar-refractivity contribution is -0.142. The highest BCUT2D eigenvalue weighted by molar-refractivity contribution is 5.80. The van der Waals surface area contributed by atoms with E-state index in [1.165, 1.54) is 5.56 Å². The smallest absolute Gasteiger partial charge is 0.251 e. The molecule has 1 aromatic carbocycles. The number of hydrogen-bond acceptors (Lipinski definition) is 3. The van der Waals surface area contributed by atoms with Crippen molar-refractivity contribution in [1.82, 2.24) is 10.2 Å². The molecule has 114 valence electrons. The van der Waals surface area contributed by atoms with E-state index in [1.807, 2.05) is 24.0 Å². The lowest BCUT2D eigenvalue weighted by Crippen LogP contribution is -2.39. The second kappa shape index (κ2) is 6.16. The van der Waals surface area contributed by atoms with Crippen molar-refractivity contribution in [1.29, 1.82) is 0 Å². The number of rotatable bonds is 4. The standard InChI is InChI=1S/C17H24N2O2/c1-12-4-3-5-14(6-12)11-21-13(2)17(20)19-9-15-7-18-8-16(15)10-19/h3-6,13,15-16,18H,7-11H2,1-2H3/t13?,15-,16+. The molecular weight excluding hydrogens is 264 g/mol. The van der Waals surface area contributed by atoms with Crippen molar-refractivity contribution in [2.75, 3.05) is 26.2 Å². The molecule has 0 saturated carbocycles. The molecule has 4 nitrogen and oxygen atoms in total. The summed E-state index contributed by atoms with van der Waals surface area (Å²) in [4.78, 5) is 14.4. The van der Waals surface area contributed by atoms with Crippen LogP contribution in [0.1, 0.15) is 18.1 Å². The van der Waals surface area contributed by atoms with Crippen molar-refractivity contribution in [2.24, 2.45) is 11.8 Å². The summed E-state index contributed by atoms with van der Waals surface area (Å²) < 4.78 is 5.77. The molecule has 4 heteroatoms. The topological polar surface area (TPSA) is 41.6 Å². The van der Waals surface area contributed by atoms with Crippen LogP contribution in [0.4, 0.5) is 0 Å². The average Bonchev–Trinajstić information content (AvgIpc) is 3.05. The number of fused-ring (bicyclic) bond motifs is 1. The zero-order valence-electron chi connectivity index (χ0n) is 12.8. The molecule has 2 heterocycles. The van der Waals surface area contributed by atoms with Crippen molar-refractivity contribution in [3.63, 3.8) is 0 Å². The molecule has 0 spiro atoms. The van der Waals surface area contributed by atoms with E-state index in [9.17, 15) is 4.79 Å². The van der Waals surface area contributed by atoms with Gasteiger partial charge in [0.1, 0.15) is 6.10 Å². The lowest BCUT2D eigenvalue weighted by atomic mass is 10.0. The largest absolute Gasteiger partial charge is 0.364 e. The number of ether oxygens (including phenoxy) is 1. The van der Waals surface area contributed by atoms with E-state index in [1.54, 1.807) is 0 Å². The molecule has 21 heavy (non-hydrogen) atoms. The van der Waals surface area contributed by atoms with Gasteiger partial charge in [0.05, 0.1) is 6.61 Å².